The van der Waals surface area contributed by atoms with Gasteiger partial charge in [0.2, 0.25) is 0 Å². The number of halogens is 1. The van der Waals surface area contributed by atoms with Gasteiger partial charge in [-0.05, 0) is 47.1 Å². The van der Waals surface area contributed by atoms with Crippen molar-refractivity contribution in [3.63, 3.8) is 0 Å². The fraction of sp³-hybridized carbons (Fsp3) is 0.105. The molecule has 0 aliphatic heterocycles. The molecule has 1 N–H and O–H groups in total. The van der Waals surface area contributed by atoms with E-state index in [1.54, 1.807) is 10.7 Å². The summed E-state index contributed by atoms with van der Waals surface area (Å²) in [4.78, 5) is 17.3. The van der Waals surface area contributed by atoms with Crippen LogP contribution >= 0.6 is 15.9 Å². The molecule has 6 heteroatoms. The quantitative estimate of drug-likeness (QED) is 0.551. The average Bonchev–Trinajstić information content (AvgIpc) is 2.97. The predicted octanol–water partition coefficient (Wildman–Crippen LogP) is 4.62. The van der Waals surface area contributed by atoms with Gasteiger partial charge in [0.15, 0.2) is 11.5 Å². The van der Waals surface area contributed by atoms with E-state index in [1.165, 1.54) is 0 Å². The highest BCUT2D eigenvalue weighted by Gasteiger charge is 2.16. The van der Waals surface area contributed by atoms with Crippen LogP contribution in [0.3, 0.4) is 0 Å². The minimum Gasteiger partial charge on any atom is -0.304 e. The Morgan fingerprint density at radius 1 is 1.16 bits per heavy atom. The van der Waals surface area contributed by atoms with E-state index in [2.05, 4.69) is 26.3 Å². The lowest BCUT2D eigenvalue weighted by molar-refractivity contribution is 0.102. The molecule has 25 heavy (non-hydrogen) atoms. The van der Waals surface area contributed by atoms with Gasteiger partial charge in [0.1, 0.15) is 0 Å². The van der Waals surface area contributed by atoms with E-state index in [0.717, 1.165) is 26.4 Å². The van der Waals surface area contributed by atoms with Crippen molar-refractivity contribution >= 4 is 49.6 Å². The number of para-hydroxylation sites is 1. The molecule has 0 bridgehead atoms. The maximum Gasteiger partial charge on any atom is 0.258 e. The van der Waals surface area contributed by atoms with Crippen LogP contribution in [0.5, 0.6) is 0 Å². The minimum absolute atomic E-state index is 0.205. The van der Waals surface area contributed by atoms with E-state index in [4.69, 9.17) is 4.98 Å². The molecule has 0 aliphatic rings. The third-order valence-corrected chi connectivity index (χ3v) is 4.77. The van der Waals surface area contributed by atoms with Gasteiger partial charge in [-0.15, -0.1) is 0 Å². The van der Waals surface area contributed by atoms with Crippen molar-refractivity contribution in [3.05, 3.63) is 64.6 Å². The predicted molar refractivity (Wildman–Crippen MR) is 103 cm³/mol. The van der Waals surface area contributed by atoms with Crippen molar-refractivity contribution in [2.45, 2.75) is 13.5 Å². The maximum absolute atomic E-state index is 12.6. The fourth-order valence-electron chi connectivity index (χ4n) is 2.83. The van der Waals surface area contributed by atoms with Crippen molar-refractivity contribution in [3.8, 4) is 0 Å². The largest absolute Gasteiger partial charge is 0.304 e. The van der Waals surface area contributed by atoms with E-state index in [-0.39, 0.29) is 5.91 Å². The van der Waals surface area contributed by atoms with Crippen LogP contribution in [-0.2, 0) is 6.54 Å². The lowest BCUT2D eigenvalue weighted by atomic mass is 10.2. The van der Waals surface area contributed by atoms with Gasteiger partial charge in [-0.25, -0.2) is 9.67 Å². The molecule has 4 aromatic rings. The van der Waals surface area contributed by atoms with Crippen LogP contribution in [-0.4, -0.2) is 20.7 Å². The fourth-order valence-corrected chi connectivity index (χ4v) is 3.30. The molecule has 0 spiro atoms. The highest BCUT2D eigenvalue weighted by Crippen LogP contribution is 2.27. The van der Waals surface area contributed by atoms with E-state index in [1.807, 2.05) is 55.5 Å². The first-order valence-electron chi connectivity index (χ1n) is 7.99. The summed E-state index contributed by atoms with van der Waals surface area (Å²) >= 11 is 3.41. The second kappa shape index (κ2) is 6.29. The number of hydrogen-bond acceptors (Lipinski definition) is 3. The van der Waals surface area contributed by atoms with Gasteiger partial charge in [-0.1, -0.05) is 30.3 Å². The third-order valence-electron chi connectivity index (χ3n) is 4.07. The first-order valence-corrected chi connectivity index (χ1v) is 8.79. The van der Waals surface area contributed by atoms with Crippen molar-refractivity contribution in [2.75, 3.05) is 5.32 Å². The number of anilines is 1. The Labute approximate surface area is 152 Å². The van der Waals surface area contributed by atoms with Crippen LogP contribution < -0.4 is 5.32 Å². The number of aryl methyl sites for hydroxylation is 1. The van der Waals surface area contributed by atoms with Crippen LogP contribution in [0.2, 0.25) is 0 Å². The Kier molecular flexibility index (Phi) is 3.97. The summed E-state index contributed by atoms with van der Waals surface area (Å²) in [6.07, 6.45) is 0. The number of aromatic nitrogens is 3. The zero-order chi connectivity index (χ0) is 17.4. The molecular formula is C19H15BrN4O. The number of nitrogens with one attached hydrogen (secondary N) is 1. The average molecular weight is 395 g/mol. The zero-order valence-electron chi connectivity index (χ0n) is 13.5. The maximum atomic E-state index is 12.6. The highest BCUT2D eigenvalue weighted by molar-refractivity contribution is 9.10. The van der Waals surface area contributed by atoms with Gasteiger partial charge in [0.25, 0.3) is 5.91 Å². The summed E-state index contributed by atoms with van der Waals surface area (Å²) in [6, 6.07) is 17.2. The molecule has 0 radical (unpaired) electrons. The normalized spacial score (nSPS) is 11.1. The Morgan fingerprint density at radius 3 is 2.72 bits per heavy atom. The third kappa shape index (κ3) is 2.78. The first-order chi connectivity index (χ1) is 12.2. The van der Waals surface area contributed by atoms with Crippen LogP contribution in [0.15, 0.2) is 59.1 Å². The Morgan fingerprint density at radius 2 is 1.92 bits per heavy atom. The van der Waals surface area contributed by atoms with E-state index in [0.29, 0.717) is 17.9 Å². The number of pyridine rings is 1. The van der Waals surface area contributed by atoms with Gasteiger partial charge in [0.05, 0.1) is 16.5 Å². The summed E-state index contributed by atoms with van der Waals surface area (Å²) in [5, 5.41) is 9.30. The monoisotopic (exact) mass is 394 g/mol. The molecule has 2 aromatic heterocycles. The number of carbonyl (C=O) groups excluding carboxylic acids is 1. The Balaban J connectivity index is 1.83. The second-order valence-corrected chi connectivity index (χ2v) is 6.50. The number of carbonyl (C=O) groups is 1. The number of hydrogen-bond donors (Lipinski definition) is 1. The van der Waals surface area contributed by atoms with Crippen molar-refractivity contribution in [1.82, 2.24) is 14.8 Å². The summed E-state index contributed by atoms with van der Waals surface area (Å²) in [5.74, 6) is 0.319. The number of amides is 1. The van der Waals surface area contributed by atoms with Crippen molar-refractivity contribution < 1.29 is 4.79 Å². The SMILES string of the molecule is CCn1nc(NC(=O)c2ccccc2Br)c2cc3ccccc3nc21. The van der Waals surface area contributed by atoms with E-state index >= 15 is 0 Å². The summed E-state index contributed by atoms with van der Waals surface area (Å²) in [5.41, 5.74) is 2.24. The second-order valence-electron chi connectivity index (χ2n) is 5.65. The van der Waals surface area contributed by atoms with Crippen LogP contribution in [0.25, 0.3) is 21.9 Å². The Bertz CT molecular complexity index is 1100. The summed E-state index contributed by atoms with van der Waals surface area (Å²) in [6.45, 7) is 2.68. The van der Waals surface area contributed by atoms with Gasteiger partial charge in [-0.3, -0.25) is 4.79 Å². The zero-order valence-corrected chi connectivity index (χ0v) is 15.1. The molecule has 0 saturated heterocycles. The molecule has 1 amide bonds. The molecule has 0 unspecified atom stereocenters. The topological polar surface area (TPSA) is 59.8 Å². The molecule has 0 fully saturated rings. The molecule has 2 aromatic carbocycles. The lowest BCUT2D eigenvalue weighted by Gasteiger charge is -2.04. The number of rotatable bonds is 3. The molecule has 2 heterocycles. The molecule has 4 rings (SSSR count). The summed E-state index contributed by atoms with van der Waals surface area (Å²) in [7, 11) is 0. The number of benzene rings is 2. The number of fused-ring (bicyclic) bond motifs is 2. The highest BCUT2D eigenvalue weighted by atomic mass is 79.9. The number of nitrogens with zero attached hydrogens (tertiary/aromatic N) is 3. The van der Waals surface area contributed by atoms with Crippen molar-refractivity contribution in [1.29, 1.82) is 0 Å². The van der Waals surface area contributed by atoms with Gasteiger partial charge in [-0.2, -0.15) is 5.10 Å². The van der Waals surface area contributed by atoms with Crippen LogP contribution in [0, 0.1) is 0 Å². The van der Waals surface area contributed by atoms with Gasteiger partial charge < -0.3 is 5.32 Å². The lowest BCUT2D eigenvalue weighted by Crippen LogP contribution is -2.13. The molecule has 0 saturated carbocycles. The smallest absolute Gasteiger partial charge is 0.258 e. The van der Waals surface area contributed by atoms with Gasteiger partial charge >= 0.3 is 0 Å². The van der Waals surface area contributed by atoms with Crippen LogP contribution in [0.4, 0.5) is 5.82 Å². The molecule has 124 valence electrons. The molecule has 5 nitrogen and oxygen atoms in total. The minimum atomic E-state index is -0.205. The van der Waals surface area contributed by atoms with Crippen molar-refractivity contribution in [2.24, 2.45) is 0 Å². The first kappa shape index (κ1) is 15.8. The Hall–Kier alpha value is -2.73. The van der Waals surface area contributed by atoms with Crippen LogP contribution in [0.1, 0.15) is 17.3 Å². The molecular weight excluding hydrogens is 380 g/mol. The standard InChI is InChI=1S/C19H15BrN4O/c1-2-24-18-14(11-12-7-3-6-10-16(12)21-18)17(23-24)22-19(25)13-8-4-5-9-15(13)20/h3-11H,2H2,1H3,(H,22,23,25). The molecule has 0 atom stereocenters. The summed E-state index contributed by atoms with van der Waals surface area (Å²) < 4.78 is 2.55. The van der Waals surface area contributed by atoms with E-state index < -0.39 is 0 Å². The molecule has 0 aliphatic carbocycles. The van der Waals surface area contributed by atoms with E-state index in [9.17, 15) is 4.79 Å². The van der Waals surface area contributed by atoms with Gasteiger partial charge in [0, 0.05) is 16.4 Å².